The van der Waals surface area contributed by atoms with Crippen LogP contribution in [0.5, 0.6) is 23.0 Å². The van der Waals surface area contributed by atoms with E-state index in [0.717, 1.165) is 0 Å². The van der Waals surface area contributed by atoms with Crippen molar-refractivity contribution in [1.29, 1.82) is 0 Å². The number of alkyl halides is 6. The van der Waals surface area contributed by atoms with Crippen molar-refractivity contribution in [3.05, 3.63) is 70.3 Å². The molecule has 0 aromatic heterocycles. The van der Waals surface area contributed by atoms with Gasteiger partial charge in [-0.2, -0.15) is 26.3 Å². The minimum atomic E-state index is -5.90. The van der Waals surface area contributed by atoms with Crippen LogP contribution in [-0.4, -0.2) is 0 Å². The lowest BCUT2D eigenvalue weighted by Gasteiger charge is -2.22. The van der Waals surface area contributed by atoms with Crippen LogP contribution >= 0.6 is 0 Å². The quantitative estimate of drug-likeness (QED) is 0.271. The minimum Gasteiger partial charge on any atom is -0.450 e. The summed E-state index contributed by atoms with van der Waals surface area (Å²) in [5.74, 6) is -19.5. The highest BCUT2D eigenvalue weighted by atomic mass is 19.4. The average Bonchev–Trinajstić information content (AvgIpc) is 2.75. The second-order valence-electron chi connectivity index (χ2n) is 6.81. The summed E-state index contributed by atoms with van der Waals surface area (Å²) < 4.78 is 174. The molecular weight excluding hydrogens is 528 g/mol. The summed E-state index contributed by atoms with van der Waals surface area (Å²) in [5.41, 5.74) is 2.19. The molecule has 0 bridgehead atoms. The molecule has 36 heavy (non-hydrogen) atoms. The molecule has 0 aliphatic heterocycles. The van der Waals surface area contributed by atoms with Gasteiger partial charge in [-0.1, -0.05) is 0 Å². The van der Waals surface area contributed by atoms with Gasteiger partial charge in [0.1, 0.15) is 22.7 Å². The molecule has 16 heteroatoms. The van der Waals surface area contributed by atoms with Crippen LogP contribution in [0.4, 0.5) is 64.1 Å². The van der Waals surface area contributed by atoms with E-state index in [4.69, 9.17) is 11.5 Å². The predicted molar refractivity (Wildman–Crippen MR) is 98.1 cm³/mol. The van der Waals surface area contributed by atoms with Crippen LogP contribution in [0.2, 0.25) is 0 Å². The maximum Gasteiger partial charge on any atom is 0.423 e. The lowest BCUT2D eigenvalue weighted by molar-refractivity contribution is -0.145. The monoisotopic (exact) mass is 536 g/mol. The first-order chi connectivity index (χ1) is 16.4. The zero-order chi connectivity index (χ0) is 27.3. The molecule has 0 saturated heterocycles. The summed E-state index contributed by atoms with van der Waals surface area (Å²) in [4.78, 5) is 0. The average molecular weight is 536 g/mol. The second kappa shape index (κ2) is 8.91. The van der Waals surface area contributed by atoms with Crippen molar-refractivity contribution in [1.82, 2.24) is 0 Å². The number of nitrogen functional groups attached to an aromatic ring is 2. The third-order valence-corrected chi connectivity index (χ3v) is 4.45. The van der Waals surface area contributed by atoms with E-state index in [1.165, 1.54) is 0 Å². The second-order valence-corrected chi connectivity index (χ2v) is 6.81. The van der Waals surface area contributed by atoms with Gasteiger partial charge in [0.2, 0.25) is 11.5 Å². The number of rotatable bonds is 4. The van der Waals surface area contributed by atoms with Gasteiger partial charge in [-0.15, -0.1) is 0 Å². The Kier molecular flexibility index (Phi) is 6.59. The first-order valence-corrected chi connectivity index (χ1v) is 8.98. The number of hydrogen-bond donors (Lipinski definition) is 2. The molecule has 194 valence electrons. The van der Waals surface area contributed by atoms with Crippen molar-refractivity contribution in [2.45, 2.75) is 12.4 Å². The summed E-state index contributed by atoms with van der Waals surface area (Å²) in [5, 5.41) is 0. The molecule has 0 atom stereocenters. The number of halogens is 12. The fourth-order valence-electron chi connectivity index (χ4n) is 2.82. The maximum absolute atomic E-state index is 14.2. The van der Waals surface area contributed by atoms with Gasteiger partial charge in [-0.25, -0.2) is 26.3 Å². The SMILES string of the molecule is Nc1c(F)cc(F)c(Oc2ccc(C(F)(F)F)c(Oc3c(F)cc(F)c(N)c3F)c2C(F)(F)F)c1F. The summed E-state index contributed by atoms with van der Waals surface area (Å²) in [6, 6.07) is -0.441. The number of anilines is 2. The Morgan fingerprint density at radius 3 is 1.42 bits per heavy atom. The fraction of sp³-hybridized carbons (Fsp3) is 0.100. The van der Waals surface area contributed by atoms with Crippen molar-refractivity contribution >= 4 is 11.4 Å². The molecule has 0 heterocycles. The summed E-state index contributed by atoms with van der Waals surface area (Å²) in [6.07, 6.45) is -11.6. The van der Waals surface area contributed by atoms with Crippen LogP contribution in [-0.2, 0) is 12.4 Å². The van der Waals surface area contributed by atoms with E-state index >= 15 is 0 Å². The highest BCUT2D eigenvalue weighted by Crippen LogP contribution is 2.51. The molecule has 4 N–H and O–H groups in total. The van der Waals surface area contributed by atoms with Gasteiger partial charge >= 0.3 is 12.4 Å². The van der Waals surface area contributed by atoms with Crippen LogP contribution in [0.25, 0.3) is 0 Å². The zero-order valence-electron chi connectivity index (χ0n) is 16.8. The molecule has 3 aromatic rings. The lowest BCUT2D eigenvalue weighted by Crippen LogP contribution is -2.16. The summed E-state index contributed by atoms with van der Waals surface area (Å²) in [6.45, 7) is 0. The topological polar surface area (TPSA) is 70.5 Å². The minimum absolute atomic E-state index is 0.0390. The van der Waals surface area contributed by atoms with Gasteiger partial charge in [-0.3, -0.25) is 0 Å². The largest absolute Gasteiger partial charge is 0.450 e. The van der Waals surface area contributed by atoms with Gasteiger partial charge in [0.15, 0.2) is 40.7 Å². The van der Waals surface area contributed by atoms with Crippen molar-refractivity contribution < 1.29 is 62.2 Å². The molecule has 0 spiro atoms. The van der Waals surface area contributed by atoms with Gasteiger partial charge in [-0.05, 0) is 12.1 Å². The number of hydrogen-bond acceptors (Lipinski definition) is 4. The van der Waals surface area contributed by atoms with E-state index in [2.05, 4.69) is 9.47 Å². The fourth-order valence-corrected chi connectivity index (χ4v) is 2.82. The Morgan fingerprint density at radius 2 is 1.00 bits per heavy atom. The van der Waals surface area contributed by atoms with Gasteiger partial charge in [0.05, 0.1) is 5.56 Å². The van der Waals surface area contributed by atoms with E-state index in [-0.39, 0.29) is 24.3 Å². The molecule has 0 aliphatic carbocycles. The predicted octanol–water partition coefficient (Wildman–Crippen LogP) is 7.31. The molecule has 0 aliphatic rings. The van der Waals surface area contributed by atoms with E-state index in [1.54, 1.807) is 0 Å². The Hall–Kier alpha value is -3.98. The molecule has 3 rings (SSSR count). The maximum atomic E-state index is 14.2. The molecule has 0 unspecified atom stereocenters. The third-order valence-electron chi connectivity index (χ3n) is 4.45. The number of benzene rings is 3. The van der Waals surface area contributed by atoms with Crippen LogP contribution in [0.1, 0.15) is 11.1 Å². The Morgan fingerprint density at radius 1 is 0.556 bits per heavy atom. The molecule has 3 aromatic carbocycles. The highest BCUT2D eigenvalue weighted by molar-refractivity contribution is 5.58. The molecule has 4 nitrogen and oxygen atoms in total. The van der Waals surface area contributed by atoms with Gasteiger partial charge in [0, 0.05) is 12.1 Å². The molecule has 0 fully saturated rings. The van der Waals surface area contributed by atoms with Crippen LogP contribution in [0.15, 0.2) is 24.3 Å². The number of ether oxygens (including phenoxy) is 2. The standard InChI is InChI=1S/C20H8F12N2O2/c21-6-3-8(23)17(12(25)14(6)33)35-10-2-1-5(19(27,28)29)16(11(10)20(30,31)32)36-18-9(24)4-7(22)15(34)13(18)26/h1-4H,33-34H2. The van der Waals surface area contributed by atoms with Gasteiger partial charge < -0.3 is 20.9 Å². The third kappa shape index (κ3) is 4.74. The summed E-state index contributed by atoms with van der Waals surface area (Å²) in [7, 11) is 0. The Balaban J connectivity index is 2.35. The highest BCUT2D eigenvalue weighted by Gasteiger charge is 2.46. The number of nitrogens with two attached hydrogens (primary N) is 2. The molecule has 0 saturated carbocycles. The van der Waals surface area contributed by atoms with Crippen LogP contribution in [0, 0.1) is 34.9 Å². The molecule has 0 radical (unpaired) electrons. The smallest absolute Gasteiger partial charge is 0.423 e. The van der Waals surface area contributed by atoms with Crippen molar-refractivity contribution in [2.75, 3.05) is 11.5 Å². The van der Waals surface area contributed by atoms with Crippen molar-refractivity contribution in [2.24, 2.45) is 0 Å². The first-order valence-electron chi connectivity index (χ1n) is 8.98. The molecular formula is C20H8F12N2O2. The Labute approximate surface area is 191 Å². The van der Waals surface area contributed by atoms with Crippen LogP contribution < -0.4 is 20.9 Å². The lowest BCUT2D eigenvalue weighted by atomic mass is 10.1. The van der Waals surface area contributed by atoms with Crippen LogP contribution in [0.3, 0.4) is 0 Å². The Bertz CT molecular complexity index is 1350. The van der Waals surface area contributed by atoms with Crippen molar-refractivity contribution in [3.8, 4) is 23.0 Å². The van der Waals surface area contributed by atoms with E-state index < -0.39 is 92.8 Å². The summed E-state index contributed by atoms with van der Waals surface area (Å²) >= 11 is 0. The van der Waals surface area contributed by atoms with E-state index in [9.17, 15) is 52.7 Å². The first kappa shape index (κ1) is 26.6. The van der Waals surface area contributed by atoms with Gasteiger partial charge in [0.25, 0.3) is 0 Å². The van der Waals surface area contributed by atoms with E-state index in [1.807, 2.05) is 0 Å². The van der Waals surface area contributed by atoms with Crippen molar-refractivity contribution in [3.63, 3.8) is 0 Å². The van der Waals surface area contributed by atoms with E-state index in [0.29, 0.717) is 0 Å². The molecule has 0 amide bonds. The zero-order valence-corrected chi connectivity index (χ0v) is 16.8. The normalized spacial score (nSPS) is 12.1.